The molecule has 140 valence electrons. The smallest absolute Gasteiger partial charge is 0.287 e. The molecule has 5 rings (SSSR count). The number of benzene rings is 3. The highest BCUT2D eigenvalue weighted by atomic mass is 16.5. The van der Waals surface area contributed by atoms with E-state index in [0.717, 1.165) is 28.8 Å². The Morgan fingerprint density at radius 3 is 2.64 bits per heavy atom. The van der Waals surface area contributed by atoms with Crippen molar-refractivity contribution in [2.75, 3.05) is 0 Å². The van der Waals surface area contributed by atoms with Crippen molar-refractivity contribution in [3.8, 4) is 22.8 Å². The maximum atomic E-state index is 6.52. The number of aryl methyl sites for hydroxylation is 3. The van der Waals surface area contributed by atoms with E-state index in [1.54, 1.807) is 0 Å². The first-order chi connectivity index (χ1) is 13.4. The van der Waals surface area contributed by atoms with Crippen molar-refractivity contribution in [2.24, 2.45) is 13.0 Å². The summed E-state index contributed by atoms with van der Waals surface area (Å²) in [5.74, 6) is 2.46. The second-order valence-electron chi connectivity index (χ2n) is 8.44. The van der Waals surface area contributed by atoms with Gasteiger partial charge in [-0.1, -0.05) is 32.0 Å². The van der Waals surface area contributed by atoms with Crippen LogP contribution in [-0.4, -0.2) is 4.98 Å². The number of fused-ring (bicyclic) bond motifs is 3. The number of hydrogen-bond acceptors (Lipinski definition) is 2. The standard InChI is InChI=1S/C25H25N2O/c1-14(2)9-17-10-20-24-21(11-17)28-22-12-19-15(3)7-6-8-18(19)16(4)23(22)25(24)27(5)13-26-20/h6-8,10-14H,9H2,1-5H3/q+1. The summed E-state index contributed by atoms with van der Waals surface area (Å²) in [5.41, 5.74) is 7.19. The number of ether oxygens (including phenoxy) is 1. The molecule has 0 amide bonds. The fourth-order valence-corrected chi connectivity index (χ4v) is 4.57. The van der Waals surface area contributed by atoms with Gasteiger partial charge in [-0.25, -0.2) is 4.57 Å². The van der Waals surface area contributed by atoms with Crippen LogP contribution in [0.1, 0.15) is 30.5 Å². The maximum Gasteiger partial charge on any atom is 0.287 e. The second kappa shape index (κ2) is 6.03. The maximum absolute atomic E-state index is 6.52. The highest BCUT2D eigenvalue weighted by Crippen LogP contribution is 2.48. The van der Waals surface area contributed by atoms with E-state index < -0.39 is 0 Å². The van der Waals surface area contributed by atoms with Crippen LogP contribution in [-0.2, 0) is 13.5 Å². The number of rotatable bonds is 2. The molecule has 4 aromatic rings. The van der Waals surface area contributed by atoms with E-state index in [2.05, 4.69) is 75.7 Å². The van der Waals surface area contributed by atoms with Crippen molar-refractivity contribution in [2.45, 2.75) is 34.1 Å². The minimum absolute atomic E-state index is 0.591. The Balaban J connectivity index is 1.88. The van der Waals surface area contributed by atoms with E-state index in [4.69, 9.17) is 9.72 Å². The third-order valence-electron chi connectivity index (χ3n) is 5.83. The molecule has 3 aromatic carbocycles. The highest BCUT2D eigenvalue weighted by molar-refractivity contribution is 6.04. The molecule has 2 heterocycles. The summed E-state index contributed by atoms with van der Waals surface area (Å²) in [7, 11) is 2.07. The van der Waals surface area contributed by atoms with Gasteiger partial charge in [0.2, 0.25) is 0 Å². The van der Waals surface area contributed by atoms with Crippen molar-refractivity contribution in [1.82, 2.24) is 4.98 Å². The van der Waals surface area contributed by atoms with Crippen LogP contribution in [0.3, 0.4) is 0 Å². The van der Waals surface area contributed by atoms with Crippen molar-refractivity contribution in [1.29, 1.82) is 0 Å². The highest BCUT2D eigenvalue weighted by Gasteiger charge is 2.30. The number of nitrogens with zero attached hydrogens (tertiary/aromatic N) is 2. The lowest BCUT2D eigenvalue weighted by molar-refractivity contribution is -0.662. The van der Waals surface area contributed by atoms with Gasteiger partial charge in [0.15, 0.2) is 11.2 Å². The van der Waals surface area contributed by atoms with E-state index in [0.29, 0.717) is 5.92 Å². The largest absolute Gasteiger partial charge is 0.456 e. The Labute approximate surface area is 165 Å². The third-order valence-corrected chi connectivity index (χ3v) is 5.83. The zero-order valence-corrected chi connectivity index (χ0v) is 17.1. The van der Waals surface area contributed by atoms with E-state index in [1.807, 2.05) is 6.33 Å². The predicted molar refractivity (Wildman–Crippen MR) is 114 cm³/mol. The molecule has 3 nitrogen and oxygen atoms in total. The van der Waals surface area contributed by atoms with Crippen LogP contribution in [0.2, 0.25) is 0 Å². The molecule has 1 aliphatic heterocycles. The summed E-state index contributed by atoms with van der Waals surface area (Å²) < 4.78 is 8.65. The first kappa shape index (κ1) is 17.2. The molecule has 1 aromatic heterocycles. The van der Waals surface area contributed by atoms with Crippen LogP contribution in [0.15, 0.2) is 42.7 Å². The summed E-state index contributed by atoms with van der Waals surface area (Å²) in [5, 5.41) is 3.65. The van der Waals surface area contributed by atoms with Crippen LogP contribution in [0.25, 0.3) is 32.9 Å². The summed E-state index contributed by atoms with van der Waals surface area (Å²) in [6, 6.07) is 13.1. The molecular weight excluding hydrogens is 344 g/mol. The van der Waals surface area contributed by atoms with Crippen molar-refractivity contribution < 1.29 is 9.30 Å². The zero-order chi connectivity index (χ0) is 19.6. The van der Waals surface area contributed by atoms with Gasteiger partial charge in [-0.2, -0.15) is 0 Å². The molecule has 1 aliphatic rings. The quantitative estimate of drug-likeness (QED) is 0.368. The average Bonchev–Trinajstić information content (AvgIpc) is 2.64. The third kappa shape index (κ3) is 2.42. The monoisotopic (exact) mass is 369 g/mol. The van der Waals surface area contributed by atoms with Crippen LogP contribution in [0, 0.1) is 19.8 Å². The van der Waals surface area contributed by atoms with Gasteiger partial charge in [0.1, 0.15) is 16.9 Å². The second-order valence-corrected chi connectivity index (χ2v) is 8.44. The van der Waals surface area contributed by atoms with Crippen LogP contribution < -0.4 is 9.30 Å². The van der Waals surface area contributed by atoms with Gasteiger partial charge < -0.3 is 4.74 Å². The van der Waals surface area contributed by atoms with E-state index in [-0.39, 0.29) is 0 Å². The van der Waals surface area contributed by atoms with Crippen LogP contribution in [0.5, 0.6) is 11.5 Å². The van der Waals surface area contributed by atoms with Gasteiger partial charge in [0, 0.05) is 0 Å². The molecule has 0 unspecified atom stereocenters. The molecule has 0 spiro atoms. The molecule has 28 heavy (non-hydrogen) atoms. The Kier molecular flexibility index (Phi) is 3.70. The van der Waals surface area contributed by atoms with Crippen molar-refractivity contribution in [3.63, 3.8) is 0 Å². The van der Waals surface area contributed by atoms with Gasteiger partial charge in [-0.15, -0.1) is 0 Å². The predicted octanol–water partition coefficient (Wildman–Crippen LogP) is 5.80. The first-order valence-electron chi connectivity index (χ1n) is 9.96. The van der Waals surface area contributed by atoms with Gasteiger partial charge >= 0.3 is 0 Å². The van der Waals surface area contributed by atoms with E-state index in [1.165, 1.54) is 38.7 Å². The minimum atomic E-state index is 0.591. The lowest BCUT2D eigenvalue weighted by Crippen LogP contribution is -2.33. The van der Waals surface area contributed by atoms with E-state index in [9.17, 15) is 0 Å². The Hall–Kier alpha value is -2.94. The molecule has 0 N–H and O–H groups in total. The fourth-order valence-electron chi connectivity index (χ4n) is 4.57. The topological polar surface area (TPSA) is 26.0 Å². The van der Waals surface area contributed by atoms with Crippen LogP contribution in [0.4, 0.5) is 0 Å². The SMILES string of the molecule is Cc1cccc2c(C)c3c(cc12)Oc1cc(CC(C)C)cc2nc[n+](C)c-3c12. The number of hydrogen-bond donors (Lipinski definition) is 0. The first-order valence-corrected chi connectivity index (χ1v) is 9.96. The molecule has 0 bridgehead atoms. The van der Waals surface area contributed by atoms with Gasteiger partial charge in [-0.05, 0) is 76.8 Å². The number of aromatic nitrogens is 2. The van der Waals surface area contributed by atoms with Crippen molar-refractivity contribution >= 4 is 21.7 Å². The molecule has 3 heteroatoms. The molecule has 0 saturated heterocycles. The lowest BCUT2D eigenvalue weighted by Gasteiger charge is -2.23. The average molecular weight is 369 g/mol. The lowest BCUT2D eigenvalue weighted by atomic mass is 9.91. The fraction of sp³-hybridized carbons (Fsp3) is 0.280. The normalized spacial score (nSPS) is 12.5. The Morgan fingerprint density at radius 1 is 1.04 bits per heavy atom. The Morgan fingerprint density at radius 2 is 1.86 bits per heavy atom. The van der Waals surface area contributed by atoms with Crippen molar-refractivity contribution in [3.05, 3.63) is 59.4 Å². The van der Waals surface area contributed by atoms with Gasteiger partial charge in [0.05, 0.1) is 12.6 Å². The zero-order valence-electron chi connectivity index (χ0n) is 17.1. The summed E-state index contributed by atoms with van der Waals surface area (Å²) >= 11 is 0. The summed E-state index contributed by atoms with van der Waals surface area (Å²) in [6.45, 7) is 8.85. The molecule has 0 saturated carbocycles. The van der Waals surface area contributed by atoms with Crippen LogP contribution >= 0.6 is 0 Å². The molecule has 0 aliphatic carbocycles. The Bertz CT molecular complexity index is 1270. The van der Waals surface area contributed by atoms with E-state index >= 15 is 0 Å². The summed E-state index contributed by atoms with van der Waals surface area (Å²) in [4.78, 5) is 4.71. The van der Waals surface area contributed by atoms with Gasteiger partial charge in [0.25, 0.3) is 6.33 Å². The van der Waals surface area contributed by atoms with Gasteiger partial charge in [-0.3, -0.25) is 0 Å². The minimum Gasteiger partial charge on any atom is -0.456 e. The molecule has 0 radical (unpaired) electrons. The summed E-state index contributed by atoms with van der Waals surface area (Å²) in [6.07, 6.45) is 2.95. The molecule has 0 atom stereocenters. The molecule has 0 fully saturated rings. The molecular formula is C25H25N2O+.